The van der Waals surface area contributed by atoms with Crippen LogP contribution in [-0.2, 0) is 6.42 Å². The van der Waals surface area contributed by atoms with Gasteiger partial charge in [-0.15, -0.1) is 0 Å². The Kier molecular flexibility index (Phi) is 2.62. The minimum absolute atomic E-state index is 0.386. The fraction of sp³-hybridized carbons (Fsp3) is 0.462. The number of anilines is 1. The van der Waals surface area contributed by atoms with Crippen LogP contribution < -0.4 is 4.90 Å². The summed E-state index contributed by atoms with van der Waals surface area (Å²) in [6, 6.07) is 6.33. The van der Waals surface area contributed by atoms with Crippen LogP contribution in [0.4, 0.5) is 5.69 Å². The summed E-state index contributed by atoms with van der Waals surface area (Å²) in [5.74, 6) is -0.849. The monoisotopic (exact) mass is 219 g/mol. The quantitative estimate of drug-likeness (QED) is 0.831. The van der Waals surface area contributed by atoms with E-state index in [1.165, 1.54) is 5.69 Å². The molecule has 0 bridgehead atoms. The molecule has 3 heteroatoms. The number of carboxylic acids is 1. The number of aromatic carboxylic acids is 1. The van der Waals surface area contributed by atoms with Gasteiger partial charge in [0.15, 0.2) is 0 Å². The van der Waals surface area contributed by atoms with Crippen molar-refractivity contribution in [3.8, 4) is 0 Å². The van der Waals surface area contributed by atoms with E-state index >= 15 is 0 Å². The number of fused-ring (bicyclic) bond motifs is 1. The highest BCUT2D eigenvalue weighted by Crippen LogP contribution is 2.34. The molecule has 86 valence electrons. The van der Waals surface area contributed by atoms with Gasteiger partial charge in [-0.25, -0.2) is 4.79 Å². The van der Waals surface area contributed by atoms with E-state index < -0.39 is 5.97 Å². The molecule has 0 radical (unpaired) electrons. The van der Waals surface area contributed by atoms with Gasteiger partial charge in [0, 0.05) is 17.8 Å². The van der Waals surface area contributed by atoms with Crippen LogP contribution >= 0.6 is 0 Å². The molecular weight excluding hydrogens is 202 g/mol. The van der Waals surface area contributed by atoms with Crippen molar-refractivity contribution in [1.29, 1.82) is 0 Å². The van der Waals surface area contributed by atoms with Gasteiger partial charge in [-0.3, -0.25) is 0 Å². The highest BCUT2D eigenvalue weighted by atomic mass is 16.4. The van der Waals surface area contributed by atoms with Crippen molar-refractivity contribution in [2.24, 2.45) is 0 Å². The van der Waals surface area contributed by atoms with Crippen LogP contribution in [0, 0.1) is 0 Å². The standard InChI is InChI=1S/C13H17NO2/c1-8(2)14-9(3)6-11-7-10(13(15)16)4-5-12(11)14/h4-5,7-9H,6H2,1-3H3,(H,15,16). The van der Waals surface area contributed by atoms with E-state index in [1.54, 1.807) is 12.1 Å². The highest BCUT2D eigenvalue weighted by Gasteiger charge is 2.28. The molecule has 0 spiro atoms. The zero-order chi connectivity index (χ0) is 11.9. The molecular formula is C13H17NO2. The molecule has 1 heterocycles. The van der Waals surface area contributed by atoms with Crippen molar-refractivity contribution in [2.45, 2.75) is 39.3 Å². The van der Waals surface area contributed by atoms with Crippen LogP contribution in [0.3, 0.4) is 0 Å². The molecule has 1 aliphatic rings. The largest absolute Gasteiger partial charge is 0.478 e. The van der Waals surface area contributed by atoms with Crippen LogP contribution in [0.25, 0.3) is 0 Å². The molecule has 1 aromatic carbocycles. The lowest BCUT2D eigenvalue weighted by molar-refractivity contribution is 0.0697. The van der Waals surface area contributed by atoms with E-state index in [4.69, 9.17) is 5.11 Å². The third-order valence-corrected chi connectivity index (χ3v) is 3.15. The fourth-order valence-corrected chi connectivity index (χ4v) is 2.58. The zero-order valence-electron chi connectivity index (χ0n) is 9.90. The first-order valence-corrected chi connectivity index (χ1v) is 5.65. The summed E-state index contributed by atoms with van der Waals surface area (Å²) in [4.78, 5) is 13.2. The molecule has 1 aliphatic heterocycles. The molecule has 0 fully saturated rings. The number of nitrogens with zero attached hydrogens (tertiary/aromatic N) is 1. The average Bonchev–Trinajstić information content (AvgIpc) is 2.51. The van der Waals surface area contributed by atoms with Gasteiger partial charge in [-0.1, -0.05) is 0 Å². The predicted molar refractivity (Wildman–Crippen MR) is 64.2 cm³/mol. The molecule has 1 atom stereocenters. The van der Waals surface area contributed by atoms with E-state index in [0.29, 0.717) is 17.6 Å². The Balaban J connectivity index is 2.42. The third-order valence-electron chi connectivity index (χ3n) is 3.15. The summed E-state index contributed by atoms with van der Waals surface area (Å²) in [6.07, 6.45) is 0.939. The molecule has 1 aromatic rings. The fourth-order valence-electron chi connectivity index (χ4n) is 2.58. The summed E-state index contributed by atoms with van der Waals surface area (Å²) in [6.45, 7) is 6.51. The minimum Gasteiger partial charge on any atom is -0.478 e. The van der Waals surface area contributed by atoms with Crippen molar-refractivity contribution >= 4 is 11.7 Å². The maximum absolute atomic E-state index is 10.9. The number of benzene rings is 1. The lowest BCUT2D eigenvalue weighted by atomic mass is 10.1. The van der Waals surface area contributed by atoms with Crippen molar-refractivity contribution in [2.75, 3.05) is 4.90 Å². The van der Waals surface area contributed by atoms with E-state index in [-0.39, 0.29) is 0 Å². The molecule has 0 aliphatic carbocycles. The second kappa shape index (κ2) is 3.81. The van der Waals surface area contributed by atoms with Crippen LogP contribution in [0.5, 0.6) is 0 Å². The smallest absolute Gasteiger partial charge is 0.335 e. The van der Waals surface area contributed by atoms with E-state index in [1.807, 2.05) is 6.07 Å². The number of carboxylic acid groups (broad SMARTS) is 1. The summed E-state index contributed by atoms with van der Waals surface area (Å²) in [5.41, 5.74) is 2.73. The van der Waals surface area contributed by atoms with Gasteiger partial charge in [0.2, 0.25) is 0 Å². The third kappa shape index (κ3) is 1.66. The average molecular weight is 219 g/mol. The van der Waals surface area contributed by atoms with E-state index in [2.05, 4.69) is 25.7 Å². The Labute approximate surface area is 95.7 Å². The lowest BCUT2D eigenvalue weighted by Crippen LogP contribution is -2.35. The molecule has 0 saturated carbocycles. The molecule has 3 nitrogen and oxygen atoms in total. The number of hydrogen-bond donors (Lipinski definition) is 1. The highest BCUT2D eigenvalue weighted by molar-refractivity contribution is 5.89. The van der Waals surface area contributed by atoms with Crippen LogP contribution in [0.1, 0.15) is 36.7 Å². The molecule has 1 unspecified atom stereocenters. The van der Waals surface area contributed by atoms with Gasteiger partial charge in [0.05, 0.1) is 5.56 Å². The lowest BCUT2D eigenvalue weighted by Gasteiger charge is -2.29. The Morgan fingerprint density at radius 3 is 2.75 bits per heavy atom. The minimum atomic E-state index is -0.849. The maximum Gasteiger partial charge on any atom is 0.335 e. The summed E-state index contributed by atoms with van der Waals surface area (Å²) in [5, 5.41) is 8.94. The molecule has 2 rings (SSSR count). The van der Waals surface area contributed by atoms with Crippen molar-refractivity contribution in [1.82, 2.24) is 0 Å². The Bertz CT molecular complexity index is 426. The van der Waals surface area contributed by atoms with Crippen LogP contribution in [-0.4, -0.2) is 23.2 Å². The first-order valence-electron chi connectivity index (χ1n) is 5.65. The summed E-state index contributed by atoms with van der Waals surface area (Å²) in [7, 11) is 0. The van der Waals surface area contributed by atoms with Crippen molar-refractivity contribution in [3.05, 3.63) is 29.3 Å². The van der Waals surface area contributed by atoms with Gasteiger partial charge in [0.1, 0.15) is 0 Å². The summed E-state index contributed by atoms with van der Waals surface area (Å²) < 4.78 is 0. The van der Waals surface area contributed by atoms with Crippen LogP contribution in [0.15, 0.2) is 18.2 Å². The number of rotatable bonds is 2. The Hall–Kier alpha value is -1.51. The van der Waals surface area contributed by atoms with Gasteiger partial charge < -0.3 is 10.0 Å². The molecule has 0 amide bonds. The molecule has 16 heavy (non-hydrogen) atoms. The second-order valence-electron chi connectivity index (χ2n) is 4.70. The topological polar surface area (TPSA) is 40.5 Å². The first-order chi connectivity index (χ1) is 7.50. The van der Waals surface area contributed by atoms with Crippen LogP contribution in [0.2, 0.25) is 0 Å². The Morgan fingerprint density at radius 2 is 2.19 bits per heavy atom. The molecule has 0 saturated heterocycles. The summed E-state index contributed by atoms with van der Waals surface area (Å²) >= 11 is 0. The number of hydrogen-bond acceptors (Lipinski definition) is 2. The van der Waals surface area contributed by atoms with E-state index in [9.17, 15) is 4.79 Å². The van der Waals surface area contributed by atoms with E-state index in [0.717, 1.165) is 12.0 Å². The Morgan fingerprint density at radius 1 is 1.50 bits per heavy atom. The number of carbonyl (C=O) groups is 1. The molecule has 0 aromatic heterocycles. The second-order valence-corrected chi connectivity index (χ2v) is 4.70. The van der Waals surface area contributed by atoms with Gasteiger partial charge in [-0.05, 0) is 51.0 Å². The van der Waals surface area contributed by atoms with Crippen molar-refractivity contribution in [3.63, 3.8) is 0 Å². The molecule has 1 N–H and O–H groups in total. The van der Waals surface area contributed by atoms with Gasteiger partial charge in [-0.2, -0.15) is 0 Å². The maximum atomic E-state index is 10.9. The SMILES string of the molecule is CC(C)N1c2ccc(C(=O)O)cc2CC1C. The van der Waals surface area contributed by atoms with Gasteiger partial charge >= 0.3 is 5.97 Å². The normalized spacial score (nSPS) is 19.0. The van der Waals surface area contributed by atoms with Gasteiger partial charge in [0.25, 0.3) is 0 Å². The van der Waals surface area contributed by atoms with Crippen molar-refractivity contribution < 1.29 is 9.90 Å². The predicted octanol–water partition coefficient (Wildman–Crippen LogP) is 2.54. The first kappa shape index (κ1) is 11.0. The zero-order valence-corrected chi connectivity index (χ0v) is 9.90.